The van der Waals surface area contributed by atoms with Crippen molar-refractivity contribution >= 4 is 11.5 Å². The van der Waals surface area contributed by atoms with Gasteiger partial charge in [-0.1, -0.05) is 6.07 Å². The fourth-order valence-electron chi connectivity index (χ4n) is 3.80. The van der Waals surface area contributed by atoms with Crippen LogP contribution in [0.4, 0.5) is 11.5 Å². The molecule has 7 nitrogen and oxygen atoms in total. The lowest BCUT2D eigenvalue weighted by molar-refractivity contribution is 0.200. The number of nitrogens with zero attached hydrogens (tertiary/aromatic N) is 5. The van der Waals surface area contributed by atoms with E-state index in [1.165, 1.54) is 6.42 Å². The highest BCUT2D eigenvalue weighted by Crippen LogP contribution is 2.32. The molecule has 1 saturated heterocycles. The third-order valence-corrected chi connectivity index (χ3v) is 5.44. The highest BCUT2D eigenvalue weighted by atomic mass is 16.5. The van der Waals surface area contributed by atoms with Gasteiger partial charge < -0.3 is 10.1 Å². The molecular weight excluding hydrogens is 376 g/mol. The molecule has 3 aromatic heterocycles. The molecule has 1 aliphatic heterocycles. The molecule has 1 fully saturated rings. The van der Waals surface area contributed by atoms with Crippen molar-refractivity contribution in [3.05, 3.63) is 71.7 Å². The molecule has 0 aromatic carbocycles. The summed E-state index contributed by atoms with van der Waals surface area (Å²) in [4.78, 5) is 20.5. The SMILES string of the molecule is COCCc1ncc(CN2CCC[C@H]2c2ccc(Nc3ncccc3C)cn2)cn1. The van der Waals surface area contributed by atoms with Crippen LogP contribution < -0.4 is 5.32 Å². The number of likely N-dealkylation sites (tertiary alicyclic amines) is 1. The number of hydrogen-bond acceptors (Lipinski definition) is 7. The van der Waals surface area contributed by atoms with E-state index in [0.717, 1.165) is 60.1 Å². The second kappa shape index (κ2) is 9.73. The molecule has 0 spiro atoms. The molecule has 7 heteroatoms. The standard InChI is InChI=1S/C23H28N6O/c1-17-5-3-10-24-23(17)28-19-7-8-20(25-15-19)21-6-4-11-29(21)16-18-13-26-22(27-14-18)9-12-30-2/h3,5,7-8,10,13-15,21H,4,6,9,11-12,16H2,1-2H3,(H,24,28)/t21-/m0/s1. The zero-order chi connectivity index (χ0) is 20.8. The van der Waals surface area contributed by atoms with Crippen molar-refractivity contribution in [1.29, 1.82) is 0 Å². The van der Waals surface area contributed by atoms with Gasteiger partial charge in [0.15, 0.2) is 0 Å². The van der Waals surface area contributed by atoms with Crippen LogP contribution in [0, 0.1) is 6.92 Å². The number of rotatable bonds is 8. The monoisotopic (exact) mass is 404 g/mol. The van der Waals surface area contributed by atoms with Crippen LogP contribution in [0.5, 0.6) is 0 Å². The van der Waals surface area contributed by atoms with Gasteiger partial charge in [0.25, 0.3) is 0 Å². The molecule has 1 aliphatic rings. The molecule has 4 rings (SSSR count). The number of hydrogen-bond donors (Lipinski definition) is 1. The van der Waals surface area contributed by atoms with E-state index in [2.05, 4.69) is 37.3 Å². The number of ether oxygens (including phenoxy) is 1. The lowest BCUT2D eigenvalue weighted by Crippen LogP contribution is -2.23. The second-order valence-electron chi connectivity index (χ2n) is 7.64. The fourth-order valence-corrected chi connectivity index (χ4v) is 3.80. The summed E-state index contributed by atoms with van der Waals surface area (Å²) in [6.45, 7) is 4.58. The van der Waals surface area contributed by atoms with Crippen LogP contribution in [-0.2, 0) is 17.7 Å². The van der Waals surface area contributed by atoms with Crippen LogP contribution in [0.15, 0.2) is 49.1 Å². The van der Waals surface area contributed by atoms with Crippen molar-refractivity contribution in [3.63, 3.8) is 0 Å². The molecule has 156 valence electrons. The van der Waals surface area contributed by atoms with Crippen LogP contribution in [0.3, 0.4) is 0 Å². The smallest absolute Gasteiger partial charge is 0.133 e. The zero-order valence-corrected chi connectivity index (χ0v) is 17.6. The molecular formula is C23H28N6O. The maximum absolute atomic E-state index is 5.09. The second-order valence-corrected chi connectivity index (χ2v) is 7.64. The molecule has 0 amide bonds. The molecule has 0 radical (unpaired) electrons. The Balaban J connectivity index is 1.40. The number of nitrogens with one attached hydrogen (secondary N) is 1. The summed E-state index contributed by atoms with van der Waals surface area (Å²) in [7, 11) is 1.69. The van der Waals surface area contributed by atoms with Gasteiger partial charge in [0.05, 0.1) is 30.2 Å². The summed E-state index contributed by atoms with van der Waals surface area (Å²) in [6.07, 6.45) is 10.6. The largest absolute Gasteiger partial charge is 0.384 e. The maximum atomic E-state index is 5.09. The van der Waals surface area contributed by atoms with Crippen LogP contribution >= 0.6 is 0 Å². The van der Waals surface area contributed by atoms with Gasteiger partial charge in [-0.05, 0) is 50.1 Å². The third-order valence-electron chi connectivity index (χ3n) is 5.44. The first-order chi connectivity index (χ1) is 14.7. The van der Waals surface area contributed by atoms with E-state index in [4.69, 9.17) is 9.72 Å². The van der Waals surface area contributed by atoms with Crippen molar-refractivity contribution in [1.82, 2.24) is 24.8 Å². The average Bonchev–Trinajstić information content (AvgIpc) is 3.23. The van der Waals surface area contributed by atoms with E-state index in [-0.39, 0.29) is 0 Å². The molecule has 0 saturated carbocycles. The van der Waals surface area contributed by atoms with Crippen molar-refractivity contribution < 1.29 is 4.74 Å². The van der Waals surface area contributed by atoms with Gasteiger partial charge in [-0.15, -0.1) is 0 Å². The van der Waals surface area contributed by atoms with Crippen LogP contribution in [-0.4, -0.2) is 45.1 Å². The van der Waals surface area contributed by atoms with Gasteiger partial charge in [-0.3, -0.25) is 9.88 Å². The summed E-state index contributed by atoms with van der Waals surface area (Å²) < 4.78 is 5.09. The Labute approximate surface area is 177 Å². The normalized spacial score (nSPS) is 16.7. The van der Waals surface area contributed by atoms with E-state index in [0.29, 0.717) is 12.6 Å². The van der Waals surface area contributed by atoms with Crippen molar-refractivity contribution in [2.45, 2.75) is 38.8 Å². The molecule has 1 atom stereocenters. The topological polar surface area (TPSA) is 76.1 Å². The molecule has 0 aliphatic carbocycles. The third kappa shape index (κ3) is 4.98. The quantitative estimate of drug-likeness (QED) is 0.611. The summed E-state index contributed by atoms with van der Waals surface area (Å²) in [5.74, 6) is 1.69. The Bertz CT molecular complexity index is 945. The fraction of sp³-hybridized carbons (Fsp3) is 0.391. The summed E-state index contributed by atoms with van der Waals surface area (Å²) in [5, 5.41) is 3.35. The van der Waals surface area contributed by atoms with E-state index >= 15 is 0 Å². The average molecular weight is 405 g/mol. The van der Waals surface area contributed by atoms with Crippen molar-refractivity contribution in [2.24, 2.45) is 0 Å². The lowest BCUT2D eigenvalue weighted by atomic mass is 10.1. The maximum Gasteiger partial charge on any atom is 0.133 e. The Hall–Kier alpha value is -2.90. The Kier molecular flexibility index (Phi) is 6.61. The number of methoxy groups -OCH3 is 1. The predicted molar refractivity (Wildman–Crippen MR) is 116 cm³/mol. The number of anilines is 2. The minimum atomic E-state index is 0.323. The summed E-state index contributed by atoms with van der Waals surface area (Å²) >= 11 is 0. The van der Waals surface area contributed by atoms with Crippen molar-refractivity contribution in [3.8, 4) is 0 Å². The van der Waals surface area contributed by atoms with Gasteiger partial charge in [0.1, 0.15) is 11.6 Å². The predicted octanol–water partition coefficient (Wildman–Crippen LogP) is 3.84. The minimum absolute atomic E-state index is 0.323. The first-order valence-electron chi connectivity index (χ1n) is 10.4. The van der Waals surface area contributed by atoms with Crippen LogP contribution in [0.1, 0.15) is 41.5 Å². The van der Waals surface area contributed by atoms with Gasteiger partial charge in [-0.25, -0.2) is 15.0 Å². The van der Waals surface area contributed by atoms with Gasteiger partial charge in [-0.2, -0.15) is 0 Å². The molecule has 3 aromatic rings. The minimum Gasteiger partial charge on any atom is -0.384 e. The Morgan fingerprint density at radius 3 is 2.70 bits per heavy atom. The zero-order valence-electron chi connectivity index (χ0n) is 17.6. The van der Waals surface area contributed by atoms with Crippen molar-refractivity contribution in [2.75, 3.05) is 25.6 Å². The molecule has 1 N–H and O–H groups in total. The van der Waals surface area contributed by atoms with Gasteiger partial charge >= 0.3 is 0 Å². The van der Waals surface area contributed by atoms with E-state index < -0.39 is 0 Å². The summed E-state index contributed by atoms with van der Waals surface area (Å²) in [6, 6.07) is 8.51. The van der Waals surface area contributed by atoms with E-state index in [9.17, 15) is 0 Å². The van der Waals surface area contributed by atoms with E-state index in [1.807, 2.05) is 37.6 Å². The molecule has 0 unspecified atom stereocenters. The molecule has 4 heterocycles. The number of aromatic nitrogens is 4. The molecule has 30 heavy (non-hydrogen) atoms. The van der Waals surface area contributed by atoms with E-state index in [1.54, 1.807) is 13.3 Å². The van der Waals surface area contributed by atoms with Gasteiger partial charge in [0.2, 0.25) is 0 Å². The number of aryl methyl sites for hydroxylation is 1. The Morgan fingerprint density at radius 1 is 1.10 bits per heavy atom. The van der Waals surface area contributed by atoms with Crippen LogP contribution in [0.25, 0.3) is 0 Å². The number of pyridine rings is 2. The lowest BCUT2D eigenvalue weighted by Gasteiger charge is -2.24. The first kappa shape index (κ1) is 20.4. The summed E-state index contributed by atoms with van der Waals surface area (Å²) in [5.41, 5.74) is 4.30. The highest BCUT2D eigenvalue weighted by molar-refractivity contribution is 5.57. The van der Waals surface area contributed by atoms with Gasteiger partial charge in [0, 0.05) is 44.2 Å². The first-order valence-corrected chi connectivity index (χ1v) is 10.4. The Morgan fingerprint density at radius 2 is 1.97 bits per heavy atom. The van der Waals surface area contributed by atoms with Crippen LogP contribution in [0.2, 0.25) is 0 Å². The molecule has 0 bridgehead atoms. The highest BCUT2D eigenvalue weighted by Gasteiger charge is 2.27.